The minimum absolute atomic E-state index is 0.217. The highest BCUT2D eigenvalue weighted by molar-refractivity contribution is 5.44. The predicted octanol–water partition coefficient (Wildman–Crippen LogP) is 5.17. The third kappa shape index (κ3) is 4.35. The smallest absolute Gasteiger partial charge is 0.119 e. The largest absolute Gasteiger partial charge is 0.508 e. The van der Waals surface area contributed by atoms with Crippen LogP contribution in [0.25, 0.3) is 0 Å². The van der Waals surface area contributed by atoms with Crippen molar-refractivity contribution in [2.45, 2.75) is 52.6 Å². The van der Waals surface area contributed by atoms with E-state index in [-0.39, 0.29) is 6.04 Å². The highest BCUT2D eigenvalue weighted by Gasteiger charge is 2.30. The molecule has 0 saturated carbocycles. The molecule has 0 amide bonds. The second kappa shape index (κ2) is 8.91. The Hall–Kier alpha value is -2.00. The summed E-state index contributed by atoms with van der Waals surface area (Å²) < 4.78 is 5.68. The summed E-state index contributed by atoms with van der Waals surface area (Å²) in [5, 5.41) is 9.79. The molecule has 0 aliphatic carbocycles. The molecule has 3 nitrogen and oxygen atoms in total. The second-order valence-corrected chi connectivity index (χ2v) is 6.42. The van der Waals surface area contributed by atoms with E-state index in [0.29, 0.717) is 11.8 Å². The molecule has 0 spiro atoms. The van der Waals surface area contributed by atoms with Crippen molar-refractivity contribution in [3.8, 4) is 11.5 Å². The van der Waals surface area contributed by atoms with Gasteiger partial charge in [-0.25, -0.2) is 0 Å². The molecule has 3 rings (SSSR count). The number of rotatable bonds is 4. The molecule has 0 bridgehead atoms. The summed E-state index contributed by atoms with van der Waals surface area (Å²) in [6, 6.07) is 14.8. The first-order valence-electron chi connectivity index (χ1n) is 9.36. The number of hydrogen-bond donors (Lipinski definition) is 1. The third-order valence-corrected chi connectivity index (χ3v) is 4.71. The van der Waals surface area contributed by atoms with Crippen molar-refractivity contribution in [3.63, 3.8) is 0 Å². The highest BCUT2D eigenvalue weighted by Crippen LogP contribution is 2.38. The van der Waals surface area contributed by atoms with Crippen LogP contribution >= 0.6 is 0 Å². The van der Waals surface area contributed by atoms with Crippen molar-refractivity contribution < 1.29 is 9.84 Å². The van der Waals surface area contributed by atoms with E-state index in [1.54, 1.807) is 6.07 Å². The van der Waals surface area contributed by atoms with E-state index >= 15 is 0 Å². The number of phenolic OH excluding ortho intramolecular Hbond substituents is 1. The number of hydrogen-bond acceptors (Lipinski definition) is 3. The van der Waals surface area contributed by atoms with Crippen LogP contribution in [0.2, 0.25) is 0 Å². The Morgan fingerprint density at radius 3 is 2.44 bits per heavy atom. The number of phenols is 1. The summed E-state index contributed by atoms with van der Waals surface area (Å²) in [6.07, 6.45) is 1.98. The third-order valence-electron chi connectivity index (χ3n) is 4.71. The van der Waals surface area contributed by atoms with Crippen molar-refractivity contribution in [1.82, 2.24) is 4.90 Å². The SMILES string of the molecule is CC.CCCOc1ccc([C@H]2c3ccc(O)cc3C[C@H](C)N2C)cc1. The Morgan fingerprint density at radius 2 is 1.80 bits per heavy atom. The number of likely N-dealkylation sites (N-methyl/N-ethyl adjacent to an activating group) is 1. The van der Waals surface area contributed by atoms with E-state index in [9.17, 15) is 5.11 Å². The monoisotopic (exact) mass is 341 g/mol. The molecule has 0 fully saturated rings. The summed E-state index contributed by atoms with van der Waals surface area (Å²) in [5.41, 5.74) is 3.78. The molecule has 136 valence electrons. The Labute approximate surface area is 152 Å². The molecular formula is C22H31NO2. The zero-order chi connectivity index (χ0) is 18.4. The van der Waals surface area contributed by atoms with Crippen molar-refractivity contribution in [2.24, 2.45) is 0 Å². The summed E-state index contributed by atoms with van der Waals surface area (Å²) in [7, 11) is 2.17. The summed E-state index contributed by atoms with van der Waals surface area (Å²) in [4.78, 5) is 2.40. The molecule has 2 aromatic carbocycles. The molecule has 2 aromatic rings. The maximum atomic E-state index is 9.79. The van der Waals surface area contributed by atoms with Gasteiger partial charge in [0, 0.05) is 6.04 Å². The van der Waals surface area contributed by atoms with Gasteiger partial charge < -0.3 is 9.84 Å². The van der Waals surface area contributed by atoms with Gasteiger partial charge in [-0.05, 0) is 67.8 Å². The minimum Gasteiger partial charge on any atom is -0.508 e. The van der Waals surface area contributed by atoms with Crippen LogP contribution in [-0.2, 0) is 6.42 Å². The Morgan fingerprint density at radius 1 is 1.12 bits per heavy atom. The molecule has 1 aliphatic heterocycles. The number of nitrogens with zero attached hydrogens (tertiary/aromatic N) is 1. The molecular weight excluding hydrogens is 310 g/mol. The van der Waals surface area contributed by atoms with Crippen LogP contribution in [0, 0.1) is 0 Å². The van der Waals surface area contributed by atoms with Crippen molar-refractivity contribution in [3.05, 3.63) is 59.2 Å². The van der Waals surface area contributed by atoms with Gasteiger partial charge in [-0.2, -0.15) is 0 Å². The molecule has 0 aromatic heterocycles. The van der Waals surface area contributed by atoms with Crippen LogP contribution in [0.15, 0.2) is 42.5 Å². The summed E-state index contributed by atoms with van der Waals surface area (Å²) in [6.45, 7) is 9.10. The molecule has 0 saturated heterocycles. The van der Waals surface area contributed by atoms with Gasteiger partial charge in [0.25, 0.3) is 0 Å². The van der Waals surface area contributed by atoms with Crippen LogP contribution in [0.4, 0.5) is 0 Å². The molecule has 1 heterocycles. The van der Waals surface area contributed by atoms with Gasteiger partial charge in [0.2, 0.25) is 0 Å². The summed E-state index contributed by atoms with van der Waals surface area (Å²) in [5.74, 6) is 1.27. The minimum atomic E-state index is 0.217. The van der Waals surface area contributed by atoms with Crippen LogP contribution in [0.5, 0.6) is 11.5 Å². The fourth-order valence-corrected chi connectivity index (χ4v) is 3.35. The fourth-order valence-electron chi connectivity index (χ4n) is 3.35. The Balaban J connectivity index is 0.00000109. The standard InChI is InChI=1S/C20H25NO2.C2H6/c1-4-11-23-18-8-5-15(6-9-18)20-19-10-7-17(22)13-16(19)12-14(2)21(20)3;1-2/h5-10,13-14,20,22H,4,11-12H2,1-3H3;1-2H3/t14-,20-;/m0./s1. The van der Waals surface area contributed by atoms with Crippen LogP contribution < -0.4 is 4.74 Å². The fraction of sp³-hybridized carbons (Fsp3) is 0.455. The zero-order valence-electron chi connectivity index (χ0n) is 16.1. The maximum Gasteiger partial charge on any atom is 0.119 e. The molecule has 1 N–H and O–H groups in total. The molecule has 0 radical (unpaired) electrons. The average Bonchev–Trinajstić information content (AvgIpc) is 2.63. The number of aromatic hydroxyl groups is 1. The van der Waals surface area contributed by atoms with Gasteiger partial charge in [-0.1, -0.05) is 39.0 Å². The normalized spacial score (nSPS) is 19.6. The van der Waals surface area contributed by atoms with Crippen LogP contribution in [0.3, 0.4) is 0 Å². The van der Waals surface area contributed by atoms with Crippen LogP contribution in [-0.4, -0.2) is 29.7 Å². The van der Waals surface area contributed by atoms with Gasteiger partial charge in [0.1, 0.15) is 11.5 Å². The molecule has 0 unspecified atom stereocenters. The van der Waals surface area contributed by atoms with E-state index < -0.39 is 0 Å². The van der Waals surface area contributed by atoms with Gasteiger partial charge in [-0.3, -0.25) is 4.90 Å². The highest BCUT2D eigenvalue weighted by atomic mass is 16.5. The Bertz CT molecular complexity index is 666. The number of ether oxygens (including phenoxy) is 1. The van der Waals surface area contributed by atoms with E-state index in [1.807, 2.05) is 19.9 Å². The lowest BCUT2D eigenvalue weighted by molar-refractivity contribution is 0.193. The van der Waals surface area contributed by atoms with Crippen molar-refractivity contribution >= 4 is 0 Å². The maximum absolute atomic E-state index is 9.79. The molecule has 3 heteroatoms. The van der Waals surface area contributed by atoms with Crippen LogP contribution in [0.1, 0.15) is 56.8 Å². The summed E-state index contributed by atoms with van der Waals surface area (Å²) >= 11 is 0. The van der Waals surface area contributed by atoms with Gasteiger partial charge in [0.15, 0.2) is 0 Å². The topological polar surface area (TPSA) is 32.7 Å². The average molecular weight is 341 g/mol. The van der Waals surface area contributed by atoms with Crippen molar-refractivity contribution in [2.75, 3.05) is 13.7 Å². The first kappa shape index (κ1) is 19.3. The van der Waals surface area contributed by atoms with Gasteiger partial charge in [0.05, 0.1) is 12.6 Å². The van der Waals surface area contributed by atoms with Crippen molar-refractivity contribution in [1.29, 1.82) is 0 Å². The first-order chi connectivity index (χ1) is 12.1. The number of fused-ring (bicyclic) bond motifs is 1. The quantitative estimate of drug-likeness (QED) is 0.832. The van der Waals surface area contributed by atoms with E-state index in [0.717, 1.165) is 25.2 Å². The first-order valence-corrected chi connectivity index (χ1v) is 9.36. The predicted molar refractivity (Wildman–Crippen MR) is 104 cm³/mol. The van der Waals surface area contributed by atoms with Gasteiger partial charge in [-0.15, -0.1) is 0 Å². The second-order valence-electron chi connectivity index (χ2n) is 6.42. The van der Waals surface area contributed by atoms with E-state index in [1.165, 1.54) is 16.7 Å². The van der Waals surface area contributed by atoms with E-state index in [2.05, 4.69) is 56.1 Å². The lowest BCUT2D eigenvalue weighted by Gasteiger charge is -2.39. The zero-order valence-corrected chi connectivity index (χ0v) is 16.1. The van der Waals surface area contributed by atoms with Gasteiger partial charge >= 0.3 is 0 Å². The number of benzene rings is 2. The lowest BCUT2D eigenvalue weighted by Crippen LogP contribution is -2.39. The lowest BCUT2D eigenvalue weighted by atomic mass is 9.85. The Kier molecular flexibility index (Phi) is 6.89. The molecule has 1 aliphatic rings. The molecule has 25 heavy (non-hydrogen) atoms. The molecule has 2 atom stereocenters. The van der Waals surface area contributed by atoms with E-state index in [4.69, 9.17) is 4.74 Å².